The van der Waals surface area contributed by atoms with E-state index < -0.39 is 0 Å². The molecule has 0 radical (unpaired) electrons. The zero-order valence-electron chi connectivity index (χ0n) is 15.3. The molecule has 3 rings (SSSR count). The highest BCUT2D eigenvalue weighted by Crippen LogP contribution is 2.22. The first-order chi connectivity index (χ1) is 12.7. The van der Waals surface area contributed by atoms with Crippen LogP contribution in [0.2, 0.25) is 0 Å². The molecule has 4 nitrogen and oxygen atoms in total. The fourth-order valence-electron chi connectivity index (χ4n) is 3.00. The van der Waals surface area contributed by atoms with Crippen LogP contribution in [0.15, 0.2) is 54.6 Å². The number of aromatic nitrogens is 1. The van der Waals surface area contributed by atoms with E-state index in [1.54, 1.807) is 11.3 Å². The van der Waals surface area contributed by atoms with Crippen molar-refractivity contribution in [1.82, 2.24) is 15.2 Å². The summed E-state index contributed by atoms with van der Waals surface area (Å²) in [7, 11) is 1.98. The predicted molar refractivity (Wildman–Crippen MR) is 108 cm³/mol. The van der Waals surface area contributed by atoms with Crippen molar-refractivity contribution in [2.45, 2.75) is 25.8 Å². The Morgan fingerprint density at radius 3 is 2.62 bits per heavy atom. The molecule has 5 heteroatoms. The third-order valence-corrected chi connectivity index (χ3v) is 5.60. The minimum atomic E-state index is -0.247. The minimum Gasteiger partial charge on any atom is -0.354 e. The lowest BCUT2D eigenvalue weighted by molar-refractivity contribution is -0.126. The molecule has 3 aromatic rings. The topological polar surface area (TPSA) is 45.2 Å². The van der Waals surface area contributed by atoms with Crippen LogP contribution in [0, 0.1) is 0 Å². The van der Waals surface area contributed by atoms with Crippen LogP contribution in [-0.4, -0.2) is 35.9 Å². The first-order valence-corrected chi connectivity index (χ1v) is 9.88. The van der Waals surface area contributed by atoms with Gasteiger partial charge in [0.15, 0.2) is 0 Å². The van der Waals surface area contributed by atoms with Gasteiger partial charge in [0, 0.05) is 13.0 Å². The molecule has 0 saturated carbocycles. The largest absolute Gasteiger partial charge is 0.354 e. The summed E-state index contributed by atoms with van der Waals surface area (Å²) in [6, 6.07) is 17.9. The van der Waals surface area contributed by atoms with Crippen molar-refractivity contribution in [2.75, 3.05) is 20.1 Å². The van der Waals surface area contributed by atoms with Gasteiger partial charge in [-0.2, -0.15) is 0 Å². The first kappa shape index (κ1) is 18.5. The standard InChI is InChI=1S/C21H25N3OS/c1-3-24(2)20(16-10-5-4-6-11-16)21(25)22-15-9-14-19-23-17-12-7-8-13-18(17)26-19/h4-8,10-13,20H,3,9,14-15H2,1-2H3,(H,22,25). The first-order valence-electron chi connectivity index (χ1n) is 9.06. The highest BCUT2D eigenvalue weighted by Gasteiger charge is 2.23. The van der Waals surface area contributed by atoms with E-state index >= 15 is 0 Å². The molecule has 26 heavy (non-hydrogen) atoms. The molecule has 1 amide bonds. The van der Waals surface area contributed by atoms with E-state index in [9.17, 15) is 4.79 Å². The number of nitrogens with zero attached hydrogens (tertiary/aromatic N) is 2. The van der Waals surface area contributed by atoms with Crippen LogP contribution in [0.1, 0.15) is 30.0 Å². The van der Waals surface area contributed by atoms with E-state index in [1.165, 1.54) is 4.70 Å². The van der Waals surface area contributed by atoms with Gasteiger partial charge in [-0.3, -0.25) is 9.69 Å². The molecule has 0 aliphatic heterocycles. The van der Waals surface area contributed by atoms with E-state index in [2.05, 4.69) is 28.2 Å². The minimum absolute atomic E-state index is 0.0600. The number of rotatable bonds is 8. The summed E-state index contributed by atoms with van der Waals surface area (Å²) >= 11 is 1.74. The van der Waals surface area contributed by atoms with Crippen molar-refractivity contribution in [3.63, 3.8) is 0 Å². The molecule has 1 atom stereocenters. The predicted octanol–water partition coefficient (Wildman–Crippen LogP) is 4.04. The second kappa shape index (κ2) is 8.92. The smallest absolute Gasteiger partial charge is 0.241 e. The summed E-state index contributed by atoms with van der Waals surface area (Å²) in [4.78, 5) is 19.4. The number of nitrogens with one attached hydrogen (secondary N) is 1. The molecule has 2 aromatic carbocycles. The van der Waals surface area contributed by atoms with Gasteiger partial charge in [-0.25, -0.2) is 4.98 Å². The Bertz CT molecular complexity index is 814. The van der Waals surface area contributed by atoms with Crippen molar-refractivity contribution in [3.8, 4) is 0 Å². The van der Waals surface area contributed by atoms with Crippen LogP contribution in [-0.2, 0) is 11.2 Å². The monoisotopic (exact) mass is 367 g/mol. The Morgan fingerprint density at radius 1 is 1.15 bits per heavy atom. The van der Waals surface area contributed by atoms with Crippen LogP contribution in [0.4, 0.5) is 0 Å². The SMILES string of the molecule is CCN(C)C(C(=O)NCCCc1nc2ccccc2s1)c1ccccc1. The van der Waals surface area contributed by atoms with E-state index in [4.69, 9.17) is 0 Å². The Labute approximate surface area is 158 Å². The molecular formula is C21H25N3OS. The molecule has 1 aromatic heterocycles. The molecule has 0 bridgehead atoms. The lowest BCUT2D eigenvalue weighted by Gasteiger charge is -2.26. The van der Waals surface area contributed by atoms with Crippen molar-refractivity contribution in [1.29, 1.82) is 0 Å². The molecule has 0 saturated heterocycles. The van der Waals surface area contributed by atoms with Gasteiger partial charge < -0.3 is 5.32 Å². The average molecular weight is 368 g/mol. The van der Waals surface area contributed by atoms with Gasteiger partial charge in [0.2, 0.25) is 5.91 Å². The van der Waals surface area contributed by atoms with Crippen molar-refractivity contribution in [3.05, 3.63) is 65.2 Å². The number of benzene rings is 2. The second-order valence-electron chi connectivity index (χ2n) is 6.36. The number of thiazole rings is 1. The van der Waals surface area contributed by atoms with Crippen LogP contribution in [0.3, 0.4) is 0 Å². The molecule has 136 valence electrons. The molecule has 0 aliphatic rings. The summed E-state index contributed by atoms with van der Waals surface area (Å²) in [6.07, 6.45) is 1.78. The van der Waals surface area contributed by atoms with Crippen molar-refractivity contribution >= 4 is 27.5 Å². The second-order valence-corrected chi connectivity index (χ2v) is 7.47. The molecule has 0 spiro atoms. The van der Waals surface area contributed by atoms with E-state index in [0.29, 0.717) is 6.54 Å². The Balaban J connectivity index is 1.54. The summed E-state index contributed by atoms with van der Waals surface area (Å²) in [5, 5.41) is 4.23. The number of fused-ring (bicyclic) bond motifs is 1. The Kier molecular flexibility index (Phi) is 6.36. The number of amides is 1. The van der Waals surface area contributed by atoms with Gasteiger partial charge in [-0.15, -0.1) is 11.3 Å². The van der Waals surface area contributed by atoms with Gasteiger partial charge in [-0.05, 0) is 37.7 Å². The fraction of sp³-hybridized carbons (Fsp3) is 0.333. The average Bonchev–Trinajstić information content (AvgIpc) is 3.09. The zero-order chi connectivity index (χ0) is 18.4. The summed E-state index contributed by atoms with van der Waals surface area (Å²) in [6.45, 7) is 3.55. The van der Waals surface area contributed by atoms with E-state index in [0.717, 1.165) is 35.5 Å². The quantitative estimate of drug-likeness (QED) is 0.611. The fourth-order valence-corrected chi connectivity index (χ4v) is 4.01. The maximum atomic E-state index is 12.7. The highest BCUT2D eigenvalue weighted by atomic mass is 32.1. The summed E-state index contributed by atoms with van der Waals surface area (Å²) < 4.78 is 1.22. The number of hydrogen-bond acceptors (Lipinski definition) is 4. The number of para-hydroxylation sites is 1. The van der Waals surface area contributed by atoms with Crippen LogP contribution in [0.5, 0.6) is 0 Å². The van der Waals surface area contributed by atoms with Crippen molar-refractivity contribution in [2.24, 2.45) is 0 Å². The summed E-state index contributed by atoms with van der Waals surface area (Å²) in [5.41, 5.74) is 2.09. The number of carbonyl (C=O) groups is 1. The van der Waals surface area contributed by atoms with Gasteiger partial charge in [0.1, 0.15) is 6.04 Å². The zero-order valence-corrected chi connectivity index (χ0v) is 16.1. The maximum Gasteiger partial charge on any atom is 0.241 e. The molecular weight excluding hydrogens is 342 g/mol. The molecule has 1 heterocycles. The van der Waals surface area contributed by atoms with Crippen LogP contribution >= 0.6 is 11.3 Å². The third kappa shape index (κ3) is 4.48. The molecule has 1 N–H and O–H groups in total. The lowest BCUT2D eigenvalue weighted by Crippen LogP contribution is -2.39. The van der Waals surface area contributed by atoms with Gasteiger partial charge in [-0.1, -0.05) is 49.4 Å². The third-order valence-electron chi connectivity index (χ3n) is 4.51. The lowest BCUT2D eigenvalue weighted by atomic mass is 10.0. The molecule has 0 aliphatic carbocycles. The van der Waals surface area contributed by atoms with E-state index in [1.807, 2.05) is 55.6 Å². The molecule has 0 fully saturated rings. The van der Waals surface area contributed by atoms with Gasteiger partial charge in [0.25, 0.3) is 0 Å². The number of aryl methyl sites for hydroxylation is 1. The number of carbonyl (C=O) groups excluding carboxylic acids is 1. The maximum absolute atomic E-state index is 12.7. The van der Waals surface area contributed by atoms with Crippen LogP contribution < -0.4 is 5.32 Å². The number of hydrogen-bond donors (Lipinski definition) is 1. The highest BCUT2D eigenvalue weighted by molar-refractivity contribution is 7.18. The van der Waals surface area contributed by atoms with E-state index in [-0.39, 0.29) is 11.9 Å². The van der Waals surface area contributed by atoms with Gasteiger partial charge >= 0.3 is 0 Å². The van der Waals surface area contributed by atoms with Crippen molar-refractivity contribution < 1.29 is 4.79 Å². The number of likely N-dealkylation sites (N-methyl/N-ethyl adjacent to an activating group) is 1. The summed E-state index contributed by atoms with van der Waals surface area (Å²) in [5.74, 6) is 0.0600. The van der Waals surface area contributed by atoms with Gasteiger partial charge in [0.05, 0.1) is 15.2 Å². The normalized spacial score (nSPS) is 12.4. The molecule has 1 unspecified atom stereocenters. The van der Waals surface area contributed by atoms with Crippen LogP contribution in [0.25, 0.3) is 10.2 Å². The Morgan fingerprint density at radius 2 is 1.88 bits per heavy atom. The Hall–Kier alpha value is -2.24.